The summed E-state index contributed by atoms with van der Waals surface area (Å²) in [6.07, 6.45) is 3.79. The summed E-state index contributed by atoms with van der Waals surface area (Å²) in [5.74, 6) is 0.0938. The molecule has 0 rings (SSSR count). The Hall–Kier alpha value is -0.0900. The summed E-state index contributed by atoms with van der Waals surface area (Å²) in [4.78, 5) is 0. The Kier molecular flexibility index (Phi) is 5.50. The van der Waals surface area contributed by atoms with Crippen LogP contribution >= 0.6 is 0 Å². The second-order valence-corrected chi connectivity index (χ2v) is 4.20. The molecule has 0 aliphatic rings. The molecule has 0 spiro atoms. The maximum Gasteiger partial charge on any atom is 0.267 e. The first-order valence-electron chi connectivity index (χ1n) is 3.78. The molecule has 11 heavy (non-hydrogen) atoms. The number of hydrogen-bond donors (Lipinski definition) is 0. The Morgan fingerprint density at radius 2 is 1.91 bits per heavy atom. The van der Waals surface area contributed by atoms with Crippen molar-refractivity contribution in [3.8, 4) is 0 Å². The molecule has 0 N–H and O–H groups in total. The SMILES string of the molecule is [CH2]OS(=O)(=O)CCCCCC. The van der Waals surface area contributed by atoms with Gasteiger partial charge in [0.1, 0.15) is 0 Å². The van der Waals surface area contributed by atoms with Gasteiger partial charge in [0.25, 0.3) is 10.1 Å². The van der Waals surface area contributed by atoms with Gasteiger partial charge in [0.15, 0.2) is 0 Å². The molecule has 0 bridgehead atoms. The first-order valence-corrected chi connectivity index (χ1v) is 5.36. The maximum atomic E-state index is 10.7. The third kappa shape index (κ3) is 6.31. The molecule has 0 aromatic rings. The standard InChI is InChI=1S/C7H15O3S/c1-3-4-5-6-7-11(8,9)10-2/h2-7H2,1H3. The minimum atomic E-state index is -3.31. The van der Waals surface area contributed by atoms with Gasteiger partial charge in [-0.05, 0) is 6.42 Å². The molecule has 0 aliphatic heterocycles. The first-order chi connectivity index (χ1) is 5.12. The molecule has 0 aromatic carbocycles. The van der Waals surface area contributed by atoms with Crippen LogP contribution in [0.5, 0.6) is 0 Å². The predicted octanol–water partition coefficient (Wildman–Crippen LogP) is 1.70. The Morgan fingerprint density at radius 3 is 2.36 bits per heavy atom. The Labute approximate surface area is 68.9 Å². The van der Waals surface area contributed by atoms with Crippen LogP contribution in [0.1, 0.15) is 32.6 Å². The molecule has 0 heterocycles. The van der Waals surface area contributed by atoms with Gasteiger partial charge in [-0.1, -0.05) is 26.2 Å². The van der Waals surface area contributed by atoms with Crippen molar-refractivity contribution >= 4 is 10.1 Å². The molecule has 0 saturated carbocycles. The molecule has 0 atom stereocenters. The van der Waals surface area contributed by atoms with Gasteiger partial charge < -0.3 is 0 Å². The first kappa shape index (κ1) is 10.9. The van der Waals surface area contributed by atoms with Crippen LogP contribution in [-0.2, 0) is 14.3 Å². The van der Waals surface area contributed by atoms with Gasteiger partial charge in [-0.3, -0.25) is 4.18 Å². The van der Waals surface area contributed by atoms with E-state index in [1.54, 1.807) is 0 Å². The quantitative estimate of drug-likeness (QED) is 0.460. The molecule has 0 aromatic heterocycles. The van der Waals surface area contributed by atoms with Gasteiger partial charge >= 0.3 is 0 Å². The fourth-order valence-corrected chi connectivity index (χ4v) is 1.44. The average Bonchev–Trinajstić information content (AvgIpc) is 1.99. The topological polar surface area (TPSA) is 43.4 Å². The van der Waals surface area contributed by atoms with E-state index in [4.69, 9.17) is 0 Å². The van der Waals surface area contributed by atoms with E-state index in [-0.39, 0.29) is 5.75 Å². The molecule has 67 valence electrons. The summed E-state index contributed by atoms with van der Waals surface area (Å²) in [5, 5.41) is 0. The van der Waals surface area contributed by atoms with Crippen molar-refractivity contribution in [3.05, 3.63) is 7.11 Å². The van der Waals surface area contributed by atoms with Gasteiger partial charge in [0.05, 0.1) is 12.9 Å². The van der Waals surface area contributed by atoms with Crippen LogP contribution in [0.25, 0.3) is 0 Å². The average molecular weight is 179 g/mol. The highest BCUT2D eigenvalue weighted by molar-refractivity contribution is 7.86. The van der Waals surface area contributed by atoms with E-state index in [1.165, 1.54) is 0 Å². The fourth-order valence-electron chi connectivity index (χ4n) is 0.765. The lowest BCUT2D eigenvalue weighted by Crippen LogP contribution is -2.06. The van der Waals surface area contributed by atoms with Crippen LogP contribution in [0.2, 0.25) is 0 Å². The summed E-state index contributed by atoms with van der Waals surface area (Å²) in [7, 11) is -0.443. The smallest absolute Gasteiger partial charge is 0.267 e. The van der Waals surface area contributed by atoms with Crippen molar-refractivity contribution in [3.63, 3.8) is 0 Å². The van der Waals surface area contributed by atoms with Crippen molar-refractivity contribution in [2.75, 3.05) is 5.75 Å². The number of rotatable bonds is 6. The van der Waals surface area contributed by atoms with Crippen molar-refractivity contribution in [1.82, 2.24) is 0 Å². The van der Waals surface area contributed by atoms with E-state index in [2.05, 4.69) is 18.2 Å². The zero-order valence-electron chi connectivity index (χ0n) is 6.88. The van der Waals surface area contributed by atoms with E-state index in [0.29, 0.717) is 6.42 Å². The summed E-state index contributed by atoms with van der Waals surface area (Å²) in [6.45, 7) is 2.08. The van der Waals surface area contributed by atoms with Gasteiger partial charge in [-0.2, -0.15) is 8.42 Å². The molecule has 0 unspecified atom stereocenters. The highest BCUT2D eigenvalue weighted by Gasteiger charge is 2.06. The van der Waals surface area contributed by atoms with E-state index in [1.807, 2.05) is 0 Å². The highest BCUT2D eigenvalue weighted by Crippen LogP contribution is 2.02. The highest BCUT2D eigenvalue weighted by atomic mass is 32.2. The van der Waals surface area contributed by atoms with Crippen molar-refractivity contribution < 1.29 is 12.6 Å². The second-order valence-electron chi connectivity index (χ2n) is 2.44. The lowest BCUT2D eigenvalue weighted by atomic mass is 10.2. The molecule has 1 radical (unpaired) electrons. The van der Waals surface area contributed by atoms with E-state index in [0.717, 1.165) is 19.3 Å². The molecule has 0 aliphatic carbocycles. The molecule has 0 saturated heterocycles. The van der Waals surface area contributed by atoms with Crippen molar-refractivity contribution in [2.24, 2.45) is 0 Å². The largest absolute Gasteiger partial charge is 0.268 e. The molecule has 0 fully saturated rings. The Bertz CT molecular complexity index is 172. The van der Waals surface area contributed by atoms with Crippen LogP contribution in [-0.4, -0.2) is 14.2 Å². The fraction of sp³-hybridized carbons (Fsp3) is 0.857. The molecular formula is C7H15O3S. The molecular weight excluding hydrogens is 164 g/mol. The molecule has 0 amide bonds. The summed E-state index contributed by atoms with van der Waals surface area (Å²) in [5.41, 5.74) is 0. The van der Waals surface area contributed by atoms with Crippen LogP contribution in [0.3, 0.4) is 0 Å². The monoisotopic (exact) mass is 179 g/mol. The van der Waals surface area contributed by atoms with Gasteiger partial charge in [0.2, 0.25) is 0 Å². The van der Waals surface area contributed by atoms with Crippen LogP contribution in [0.4, 0.5) is 0 Å². The third-order valence-electron chi connectivity index (χ3n) is 1.43. The minimum absolute atomic E-state index is 0.0938. The van der Waals surface area contributed by atoms with E-state index < -0.39 is 10.1 Å². The number of unbranched alkanes of at least 4 members (excludes halogenated alkanes) is 3. The third-order valence-corrected chi connectivity index (χ3v) is 2.58. The second kappa shape index (κ2) is 5.55. The Morgan fingerprint density at radius 1 is 1.27 bits per heavy atom. The minimum Gasteiger partial charge on any atom is -0.268 e. The normalized spacial score (nSPS) is 11.8. The van der Waals surface area contributed by atoms with Crippen molar-refractivity contribution in [1.29, 1.82) is 0 Å². The zero-order chi connectivity index (χ0) is 8.74. The van der Waals surface area contributed by atoms with Crippen LogP contribution in [0, 0.1) is 7.11 Å². The lowest BCUT2D eigenvalue weighted by Gasteiger charge is -1.99. The molecule has 3 nitrogen and oxygen atoms in total. The van der Waals surface area contributed by atoms with Gasteiger partial charge in [-0.25, -0.2) is 0 Å². The summed E-state index contributed by atoms with van der Waals surface area (Å²) in [6, 6.07) is 0. The van der Waals surface area contributed by atoms with E-state index in [9.17, 15) is 8.42 Å². The Balaban J connectivity index is 3.39. The summed E-state index contributed by atoms with van der Waals surface area (Å²) >= 11 is 0. The predicted molar refractivity (Wildman–Crippen MR) is 44.4 cm³/mol. The molecule has 4 heteroatoms. The maximum absolute atomic E-state index is 10.7. The van der Waals surface area contributed by atoms with Crippen LogP contribution in [0.15, 0.2) is 0 Å². The van der Waals surface area contributed by atoms with Gasteiger partial charge in [-0.15, -0.1) is 0 Å². The number of hydrogen-bond acceptors (Lipinski definition) is 3. The summed E-state index contributed by atoms with van der Waals surface area (Å²) < 4.78 is 25.4. The van der Waals surface area contributed by atoms with Crippen LogP contribution < -0.4 is 0 Å². The van der Waals surface area contributed by atoms with Crippen molar-refractivity contribution in [2.45, 2.75) is 32.6 Å². The van der Waals surface area contributed by atoms with E-state index >= 15 is 0 Å². The van der Waals surface area contributed by atoms with Gasteiger partial charge in [0, 0.05) is 0 Å². The zero-order valence-corrected chi connectivity index (χ0v) is 7.69. The lowest BCUT2D eigenvalue weighted by molar-refractivity contribution is 0.435.